The number of phenolic OH excluding ortho intramolecular Hbond substituents is 1. The smallest absolute Gasteiger partial charge is 0.165 e. The predicted molar refractivity (Wildman–Crippen MR) is 45.1 cm³/mol. The van der Waals surface area contributed by atoms with Crippen LogP contribution in [0.15, 0.2) is 10.5 Å². The maximum Gasteiger partial charge on any atom is 0.165 e. The van der Waals surface area contributed by atoms with Gasteiger partial charge in [0.25, 0.3) is 0 Å². The third-order valence-corrected chi connectivity index (χ3v) is 2.20. The van der Waals surface area contributed by atoms with Crippen molar-refractivity contribution < 1.29 is 13.9 Å². The van der Waals surface area contributed by atoms with E-state index in [0.717, 1.165) is 6.07 Å². The maximum atomic E-state index is 12.9. The minimum absolute atomic E-state index is 0.00174. The summed E-state index contributed by atoms with van der Waals surface area (Å²) in [5.74, 6) is -2.15. The predicted octanol–water partition coefficient (Wildman–Crippen LogP) is 3.00. The highest BCUT2D eigenvalue weighted by Gasteiger charge is 2.14. The largest absolute Gasteiger partial charge is 0.506 e. The second-order valence-corrected chi connectivity index (χ2v) is 3.19. The van der Waals surface area contributed by atoms with Gasteiger partial charge in [0.2, 0.25) is 0 Å². The van der Waals surface area contributed by atoms with Crippen LogP contribution in [0.1, 0.15) is 12.5 Å². The molecule has 0 saturated heterocycles. The average Bonchev–Trinajstić information content (AvgIpc) is 2.02. The zero-order valence-electron chi connectivity index (χ0n) is 6.37. The fraction of sp³-hybridized carbons (Fsp3) is 0.250. The van der Waals surface area contributed by atoms with E-state index in [4.69, 9.17) is 0 Å². The molecule has 1 aromatic rings. The molecular weight excluding hydrogens is 230 g/mol. The Morgan fingerprint density at radius 2 is 2.08 bits per heavy atom. The molecule has 0 unspecified atom stereocenters. The molecular formula is C8H7BrF2O. The first-order valence-corrected chi connectivity index (χ1v) is 4.22. The van der Waals surface area contributed by atoms with Gasteiger partial charge in [0, 0.05) is 5.56 Å². The van der Waals surface area contributed by atoms with Gasteiger partial charge in [-0.25, -0.2) is 8.78 Å². The quantitative estimate of drug-likeness (QED) is 0.744. The van der Waals surface area contributed by atoms with Gasteiger partial charge in [0.05, 0.1) is 4.47 Å². The van der Waals surface area contributed by atoms with Crippen molar-refractivity contribution in [3.8, 4) is 5.75 Å². The highest BCUT2D eigenvalue weighted by molar-refractivity contribution is 9.10. The summed E-state index contributed by atoms with van der Waals surface area (Å²) in [4.78, 5) is 0. The SMILES string of the molecule is CCc1c(O)c(Br)cc(F)c1F. The lowest BCUT2D eigenvalue weighted by atomic mass is 10.1. The summed E-state index contributed by atoms with van der Waals surface area (Å²) in [7, 11) is 0. The van der Waals surface area contributed by atoms with Crippen molar-refractivity contribution in [3.63, 3.8) is 0 Å². The fourth-order valence-electron chi connectivity index (χ4n) is 0.958. The van der Waals surface area contributed by atoms with E-state index in [1.54, 1.807) is 6.92 Å². The summed E-state index contributed by atoms with van der Waals surface area (Å²) in [6, 6.07) is 0.907. The lowest BCUT2D eigenvalue weighted by Crippen LogP contribution is -1.93. The molecule has 66 valence electrons. The summed E-state index contributed by atoms with van der Waals surface area (Å²) >= 11 is 2.92. The molecule has 1 nitrogen and oxygen atoms in total. The number of phenols is 1. The van der Waals surface area contributed by atoms with Gasteiger partial charge in [0.15, 0.2) is 11.6 Å². The van der Waals surface area contributed by atoms with E-state index in [0.29, 0.717) is 0 Å². The van der Waals surface area contributed by atoms with E-state index in [1.165, 1.54) is 0 Å². The minimum atomic E-state index is -0.974. The standard InChI is InChI=1S/C8H7BrF2O/c1-2-4-7(11)6(10)3-5(9)8(4)12/h3,12H,2H2,1H3. The molecule has 0 aliphatic carbocycles. The molecule has 1 aromatic carbocycles. The highest BCUT2D eigenvalue weighted by atomic mass is 79.9. The minimum Gasteiger partial charge on any atom is -0.506 e. The summed E-state index contributed by atoms with van der Waals surface area (Å²) in [6.45, 7) is 1.64. The van der Waals surface area contributed by atoms with Gasteiger partial charge in [0.1, 0.15) is 5.75 Å². The topological polar surface area (TPSA) is 20.2 Å². The molecule has 0 amide bonds. The van der Waals surface area contributed by atoms with Gasteiger partial charge < -0.3 is 5.11 Å². The van der Waals surface area contributed by atoms with Gasteiger partial charge in [-0.2, -0.15) is 0 Å². The van der Waals surface area contributed by atoms with E-state index < -0.39 is 11.6 Å². The van der Waals surface area contributed by atoms with Crippen LogP contribution in [0.25, 0.3) is 0 Å². The monoisotopic (exact) mass is 236 g/mol. The van der Waals surface area contributed by atoms with Gasteiger partial charge in [-0.1, -0.05) is 6.92 Å². The van der Waals surface area contributed by atoms with Crippen molar-refractivity contribution in [1.29, 1.82) is 0 Å². The highest BCUT2D eigenvalue weighted by Crippen LogP contribution is 2.31. The summed E-state index contributed by atoms with van der Waals surface area (Å²) in [6.07, 6.45) is 0.258. The number of benzene rings is 1. The Bertz CT molecular complexity index is 286. The van der Waals surface area contributed by atoms with E-state index in [-0.39, 0.29) is 22.2 Å². The van der Waals surface area contributed by atoms with Crippen LogP contribution in [-0.2, 0) is 6.42 Å². The second-order valence-electron chi connectivity index (χ2n) is 2.33. The molecule has 0 spiro atoms. The summed E-state index contributed by atoms with van der Waals surface area (Å²) in [5.41, 5.74) is 0.00174. The van der Waals surface area contributed by atoms with Crippen molar-refractivity contribution in [2.24, 2.45) is 0 Å². The van der Waals surface area contributed by atoms with Gasteiger partial charge in [-0.05, 0) is 28.4 Å². The van der Waals surface area contributed by atoms with Crippen molar-refractivity contribution in [2.75, 3.05) is 0 Å². The van der Waals surface area contributed by atoms with Crippen LogP contribution in [0.4, 0.5) is 8.78 Å². The first-order valence-electron chi connectivity index (χ1n) is 3.43. The summed E-state index contributed by atoms with van der Waals surface area (Å²) < 4.78 is 25.8. The van der Waals surface area contributed by atoms with Gasteiger partial charge >= 0.3 is 0 Å². The van der Waals surface area contributed by atoms with E-state index >= 15 is 0 Å². The molecule has 0 saturated carbocycles. The van der Waals surface area contributed by atoms with Gasteiger partial charge in [-0.15, -0.1) is 0 Å². The Labute approximate surface area is 77.2 Å². The molecule has 0 heterocycles. The number of rotatable bonds is 1. The Kier molecular flexibility index (Phi) is 2.67. The molecule has 0 aliphatic rings. The Hall–Kier alpha value is -0.640. The molecule has 1 rings (SSSR count). The van der Waals surface area contributed by atoms with Crippen LogP contribution in [-0.4, -0.2) is 5.11 Å². The molecule has 0 bridgehead atoms. The maximum absolute atomic E-state index is 12.9. The van der Waals surface area contributed by atoms with Crippen LogP contribution in [0.2, 0.25) is 0 Å². The first-order chi connectivity index (χ1) is 5.57. The lowest BCUT2D eigenvalue weighted by molar-refractivity contribution is 0.439. The van der Waals surface area contributed by atoms with Crippen LogP contribution in [0.3, 0.4) is 0 Å². The molecule has 0 radical (unpaired) electrons. The summed E-state index contributed by atoms with van der Waals surface area (Å²) in [5, 5.41) is 9.25. The van der Waals surface area contributed by atoms with Crippen molar-refractivity contribution >= 4 is 15.9 Å². The van der Waals surface area contributed by atoms with Crippen molar-refractivity contribution in [1.82, 2.24) is 0 Å². The molecule has 0 atom stereocenters. The third kappa shape index (κ3) is 1.43. The van der Waals surface area contributed by atoms with Crippen LogP contribution < -0.4 is 0 Å². The Balaban J connectivity index is 3.42. The number of hydrogen-bond acceptors (Lipinski definition) is 1. The Morgan fingerprint density at radius 3 is 2.58 bits per heavy atom. The second kappa shape index (κ2) is 3.39. The number of hydrogen-bond donors (Lipinski definition) is 1. The van der Waals surface area contributed by atoms with E-state index in [9.17, 15) is 13.9 Å². The van der Waals surface area contributed by atoms with Crippen LogP contribution in [0.5, 0.6) is 5.75 Å². The molecule has 1 N–H and O–H groups in total. The number of halogens is 3. The van der Waals surface area contributed by atoms with E-state index in [1.807, 2.05) is 0 Å². The lowest BCUT2D eigenvalue weighted by Gasteiger charge is -2.05. The zero-order valence-corrected chi connectivity index (χ0v) is 7.95. The number of aromatic hydroxyl groups is 1. The first kappa shape index (κ1) is 9.45. The third-order valence-electron chi connectivity index (χ3n) is 1.59. The molecule has 0 fully saturated rings. The van der Waals surface area contributed by atoms with Crippen LogP contribution in [0, 0.1) is 11.6 Å². The molecule has 4 heteroatoms. The van der Waals surface area contributed by atoms with Crippen molar-refractivity contribution in [3.05, 3.63) is 27.7 Å². The van der Waals surface area contributed by atoms with Crippen LogP contribution >= 0.6 is 15.9 Å². The molecule has 0 aromatic heterocycles. The van der Waals surface area contributed by atoms with Crippen molar-refractivity contribution in [2.45, 2.75) is 13.3 Å². The van der Waals surface area contributed by atoms with E-state index in [2.05, 4.69) is 15.9 Å². The Morgan fingerprint density at radius 1 is 1.50 bits per heavy atom. The molecule has 0 aliphatic heterocycles. The zero-order chi connectivity index (χ0) is 9.30. The average molecular weight is 237 g/mol. The fourth-order valence-corrected chi connectivity index (χ4v) is 1.40. The normalized spacial score (nSPS) is 10.3. The van der Waals surface area contributed by atoms with Gasteiger partial charge in [-0.3, -0.25) is 0 Å². The molecule has 12 heavy (non-hydrogen) atoms.